The Morgan fingerprint density at radius 2 is 1.88 bits per heavy atom. The average molecular weight is 359 g/mol. The van der Waals surface area contributed by atoms with Crippen LogP contribution in [0.15, 0.2) is 29.3 Å². The number of thiophene rings is 1. The van der Waals surface area contributed by atoms with Crippen molar-refractivity contribution < 1.29 is 0 Å². The van der Waals surface area contributed by atoms with E-state index in [1.54, 1.807) is 23.2 Å². The zero-order valence-electron chi connectivity index (χ0n) is 14.1. The molecule has 0 bridgehead atoms. The third kappa shape index (κ3) is 2.68. The number of anilines is 1. The standard InChI is InChI=1S/C18H19ClN4S/c1-9-11(3)24-18-15(9)16(13-5-7-14(19)8-6-13)22-10(2)17(21)23(18)12(4)20/h5-8,10,20-21H,1-4H3/t10-/m0/s1. The van der Waals surface area contributed by atoms with E-state index in [2.05, 4.69) is 13.8 Å². The van der Waals surface area contributed by atoms with E-state index in [9.17, 15) is 0 Å². The fourth-order valence-electron chi connectivity index (χ4n) is 2.82. The van der Waals surface area contributed by atoms with Gasteiger partial charge in [-0.3, -0.25) is 20.7 Å². The zero-order chi connectivity index (χ0) is 17.6. The molecule has 0 saturated heterocycles. The fourth-order valence-corrected chi connectivity index (χ4v) is 4.17. The van der Waals surface area contributed by atoms with Crippen LogP contribution in [0, 0.1) is 24.7 Å². The summed E-state index contributed by atoms with van der Waals surface area (Å²) in [5.41, 5.74) is 4.01. The van der Waals surface area contributed by atoms with Gasteiger partial charge in [0.25, 0.3) is 0 Å². The lowest BCUT2D eigenvalue weighted by atomic mass is 10.00. The summed E-state index contributed by atoms with van der Waals surface area (Å²) in [4.78, 5) is 7.70. The van der Waals surface area contributed by atoms with Gasteiger partial charge in [0.05, 0.1) is 5.71 Å². The van der Waals surface area contributed by atoms with E-state index in [-0.39, 0.29) is 6.04 Å². The van der Waals surface area contributed by atoms with Crippen LogP contribution in [-0.2, 0) is 0 Å². The maximum absolute atomic E-state index is 8.48. The third-order valence-electron chi connectivity index (χ3n) is 4.22. The number of hydrogen-bond acceptors (Lipinski definition) is 4. The van der Waals surface area contributed by atoms with Gasteiger partial charge in [-0.1, -0.05) is 23.7 Å². The van der Waals surface area contributed by atoms with Crippen LogP contribution in [0.25, 0.3) is 0 Å². The molecule has 4 nitrogen and oxygen atoms in total. The summed E-state index contributed by atoms with van der Waals surface area (Å²) in [5, 5.41) is 18.2. The van der Waals surface area contributed by atoms with Crippen LogP contribution in [0.5, 0.6) is 0 Å². The van der Waals surface area contributed by atoms with Gasteiger partial charge in [-0.2, -0.15) is 0 Å². The molecule has 0 aliphatic carbocycles. The fraction of sp³-hybridized carbons (Fsp3) is 0.278. The number of nitrogens with one attached hydrogen (secondary N) is 2. The maximum atomic E-state index is 8.48. The molecule has 2 aromatic rings. The molecule has 0 unspecified atom stereocenters. The second kappa shape index (κ2) is 6.15. The Labute approximate surface area is 150 Å². The lowest BCUT2D eigenvalue weighted by molar-refractivity contribution is 0.951. The van der Waals surface area contributed by atoms with Crippen LogP contribution >= 0.6 is 22.9 Å². The van der Waals surface area contributed by atoms with E-state index in [1.807, 2.05) is 31.2 Å². The summed E-state index contributed by atoms with van der Waals surface area (Å²) >= 11 is 7.64. The highest BCUT2D eigenvalue weighted by Gasteiger charge is 2.31. The van der Waals surface area contributed by atoms with Crippen LogP contribution in [-0.4, -0.2) is 23.4 Å². The Kier molecular flexibility index (Phi) is 4.32. The normalized spacial score (nSPS) is 17.4. The summed E-state index contributed by atoms with van der Waals surface area (Å²) in [6, 6.07) is 7.30. The number of benzene rings is 1. The average Bonchev–Trinajstić information content (AvgIpc) is 2.74. The van der Waals surface area contributed by atoms with E-state index >= 15 is 0 Å². The monoisotopic (exact) mass is 358 g/mol. The molecule has 1 aliphatic heterocycles. The van der Waals surface area contributed by atoms with Gasteiger partial charge in [-0.15, -0.1) is 11.3 Å². The number of aliphatic imine (C=N–C) groups is 1. The van der Waals surface area contributed by atoms with Crippen molar-refractivity contribution >= 4 is 45.3 Å². The Hall–Kier alpha value is -1.98. The van der Waals surface area contributed by atoms with E-state index in [1.165, 1.54) is 4.88 Å². The minimum absolute atomic E-state index is 0.324. The quantitative estimate of drug-likeness (QED) is 0.544. The number of amidine groups is 2. The molecule has 0 amide bonds. The van der Waals surface area contributed by atoms with Gasteiger partial charge in [0.2, 0.25) is 0 Å². The van der Waals surface area contributed by atoms with Gasteiger partial charge in [0, 0.05) is 21.0 Å². The van der Waals surface area contributed by atoms with E-state index in [0.29, 0.717) is 16.7 Å². The molecule has 124 valence electrons. The maximum Gasteiger partial charge on any atom is 0.132 e. The van der Waals surface area contributed by atoms with Gasteiger partial charge in [-0.05, 0) is 45.4 Å². The van der Waals surface area contributed by atoms with Gasteiger partial charge < -0.3 is 0 Å². The second-order valence-electron chi connectivity index (χ2n) is 5.93. The lowest BCUT2D eigenvalue weighted by Gasteiger charge is -2.23. The van der Waals surface area contributed by atoms with Crippen LogP contribution in [0.3, 0.4) is 0 Å². The molecule has 1 aliphatic rings. The molecule has 2 N–H and O–H groups in total. The van der Waals surface area contributed by atoms with Gasteiger partial charge in [-0.25, -0.2) is 0 Å². The Morgan fingerprint density at radius 3 is 2.46 bits per heavy atom. The summed E-state index contributed by atoms with van der Waals surface area (Å²) in [6.07, 6.45) is 0. The van der Waals surface area contributed by atoms with Gasteiger partial charge >= 0.3 is 0 Å². The van der Waals surface area contributed by atoms with E-state index in [0.717, 1.165) is 27.4 Å². The van der Waals surface area contributed by atoms with Crippen molar-refractivity contribution in [3.05, 3.63) is 50.9 Å². The molecule has 6 heteroatoms. The largest absolute Gasteiger partial charge is 0.288 e. The number of halogens is 1. The molecule has 1 aromatic carbocycles. The van der Waals surface area contributed by atoms with E-state index < -0.39 is 0 Å². The van der Waals surface area contributed by atoms with Crippen LogP contribution in [0.1, 0.15) is 35.4 Å². The minimum Gasteiger partial charge on any atom is -0.288 e. The number of rotatable bonds is 1. The molecule has 0 radical (unpaired) electrons. The van der Waals surface area contributed by atoms with Gasteiger partial charge in [0.15, 0.2) is 0 Å². The number of aryl methyl sites for hydroxylation is 1. The zero-order valence-corrected chi connectivity index (χ0v) is 15.6. The minimum atomic E-state index is -0.324. The first-order chi connectivity index (χ1) is 11.3. The summed E-state index contributed by atoms with van der Waals surface area (Å²) in [5.74, 6) is 0.663. The first-order valence-electron chi connectivity index (χ1n) is 7.69. The summed E-state index contributed by atoms with van der Waals surface area (Å²) in [6.45, 7) is 7.75. The van der Waals surface area contributed by atoms with Crippen molar-refractivity contribution in [3.63, 3.8) is 0 Å². The topological polar surface area (TPSA) is 63.3 Å². The van der Waals surface area contributed by atoms with Crippen LogP contribution in [0.2, 0.25) is 5.02 Å². The molecule has 3 rings (SSSR count). The molecule has 24 heavy (non-hydrogen) atoms. The van der Waals surface area contributed by atoms with Crippen molar-refractivity contribution in [1.82, 2.24) is 0 Å². The smallest absolute Gasteiger partial charge is 0.132 e. The predicted molar refractivity (Wildman–Crippen MR) is 104 cm³/mol. The molecule has 0 spiro atoms. The summed E-state index contributed by atoms with van der Waals surface area (Å²) in [7, 11) is 0. The number of nitrogens with zero attached hydrogens (tertiary/aromatic N) is 2. The van der Waals surface area contributed by atoms with Crippen molar-refractivity contribution in [2.24, 2.45) is 4.99 Å². The predicted octanol–water partition coefficient (Wildman–Crippen LogP) is 5.04. The molecule has 0 saturated carbocycles. The molecular formula is C18H19ClN4S. The highest BCUT2D eigenvalue weighted by Crippen LogP contribution is 2.39. The van der Waals surface area contributed by atoms with Crippen molar-refractivity contribution in [2.45, 2.75) is 33.7 Å². The highest BCUT2D eigenvalue weighted by atomic mass is 35.5. The van der Waals surface area contributed by atoms with Crippen molar-refractivity contribution in [2.75, 3.05) is 4.90 Å². The number of fused-ring (bicyclic) bond motifs is 1. The molecule has 2 heterocycles. The Balaban J connectivity index is 2.31. The molecular weight excluding hydrogens is 340 g/mol. The van der Waals surface area contributed by atoms with Crippen molar-refractivity contribution in [1.29, 1.82) is 10.8 Å². The number of hydrogen-bond donors (Lipinski definition) is 2. The Morgan fingerprint density at radius 1 is 1.25 bits per heavy atom. The molecule has 1 atom stereocenters. The van der Waals surface area contributed by atoms with Crippen LogP contribution < -0.4 is 4.90 Å². The molecule has 0 fully saturated rings. The van der Waals surface area contributed by atoms with Gasteiger partial charge in [0.1, 0.15) is 22.7 Å². The SMILES string of the molecule is CC(=N)N1C(=N)[C@H](C)N=C(c2ccc(Cl)cc2)c2c1sc(C)c2C. The molecule has 1 aromatic heterocycles. The first kappa shape index (κ1) is 16.9. The second-order valence-corrected chi connectivity index (χ2v) is 7.57. The highest BCUT2D eigenvalue weighted by molar-refractivity contribution is 7.17. The first-order valence-corrected chi connectivity index (χ1v) is 8.88. The van der Waals surface area contributed by atoms with Crippen LogP contribution in [0.4, 0.5) is 5.00 Å². The third-order valence-corrected chi connectivity index (χ3v) is 5.66. The van der Waals surface area contributed by atoms with Crippen molar-refractivity contribution in [3.8, 4) is 0 Å². The Bertz CT molecular complexity index is 864. The lowest BCUT2D eigenvalue weighted by Crippen LogP contribution is -2.38. The summed E-state index contributed by atoms with van der Waals surface area (Å²) < 4.78 is 0. The van der Waals surface area contributed by atoms with E-state index in [4.69, 9.17) is 27.4 Å².